The summed E-state index contributed by atoms with van der Waals surface area (Å²) >= 11 is 0. The zero-order valence-electron chi connectivity index (χ0n) is 16.4. The van der Waals surface area contributed by atoms with Crippen LogP contribution in [-0.2, 0) is 13.1 Å². The lowest BCUT2D eigenvalue weighted by Gasteiger charge is -2.15. The van der Waals surface area contributed by atoms with Crippen LogP contribution in [0.2, 0.25) is 0 Å². The number of imidazole rings is 1. The Morgan fingerprint density at radius 3 is 2.85 bits per heavy atom. The minimum Gasteiger partial charge on any atom is -0.493 e. The first-order chi connectivity index (χ1) is 13.3. The summed E-state index contributed by atoms with van der Waals surface area (Å²) < 4.78 is 8.16. The van der Waals surface area contributed by atoms with Crippen LogP contribution < -0.4 is 15.4 Å². The number of nitrogens with one attached hydrogen (secondary N) is 2. The molecule has 0 bridgehead atoms. The number of unbranched alkanes of at least 4 members (excludes halogenated alkanes) is 1. The normalized spacial score (nSPS) is 14.2. The van der Waals surface area contributed by atoms with Crippen LogP contribution in [0, 0.1) is 12.8 Å². The fourth-order valence-electron chi connectivity index (χ4n) is 2.94. The van der Waals surface area contributed by atoms with Gasteiger partial charge in [0.05, 0.1) is 6.61 Å². The molecule has 1 aromatic carbocycles. The Balaban J connectivity index is 1.37. The number of guanidine groups is 1. The van der Waals surface area contributed by atoms with E-state index >= 15 is 0 Å². The number of ether oxygens (including phenoxy) is 1. The topological polar surface area (TPSA) is 63.5 Å². The van der Waals surface area contributed by atoms with Crippen LogP contribution in [0.25, 0.3) is 0 Å². The summed E-state index contributed by atoms with van der Waals surface area (Å²) in [5.41, 5.74) is 1.16. The molecule has 1 saturated carbocycles. The minimum absolute atomic E-state index is 0.703. The summed E-state index contributed by atoms with van der Waals surface area (Å²) in [5.74, 6) is 3.63. The minimum atomic E-state index is 0.703. The second-order valence-corrected chi connectivity index (χ2v) is 7.09. The summed E-state index contributed by atoms with van der Waals surface area (Å²) in [4.78, 5) is 8.57. The lowest BCUT2D eigenvalue weighted by atomic mass is 10.2. The van der Waals surface area contributed by atoms with Crippen molar-refractivity contribution in [3.8, 4) is 5.75 Å². The van der Waals surface area contributed by atoms with Gasteiger partial charge in [0.2, 0.25) is 0 Å². The zero-order valence-corrected chi connectivity index (χ0v) is 16.4. The number of rotatable bonds is 10. The summed E-state index contributed by atoms with van der Waals surface area (Å²) in [7, 11) is 1.81. The molecule has 0 saturated heterocycles. The van der Waals surface area contributed by atoms with Crippen LogP contribution in [0.4, 0.5) is 0 Å². The van der Waals surface area contributed by atoms with Gasteiger partial charge in [-0.25, -0.2) is 4.98 Å². The summed E-state index contributed by atoms with van der Waals surface area (Å²) in [6.07, 6.45) is 8.69. The van der Waals surface area contributed by atoms with E-state index < -0.39 is 0 Å². The predicted molar refractivity (Wildman–Crippen MR) is 109 cm³/mol. The lowest BCUT2D eigenvalue weighted by molar-refractivity contribution is 0.296. The summed E-state index contributed by atoms with van der Waals surface area (Å²) in [6, 6.07) is 8.24. The van der Waals surface area contributed by atoms with Crippen molar-refractivity contribution in [3.05, 3.63) is 48.0 Å². The fraction of sp³-hybridized carbons (Fsp3) is 0.524. The third kappa shape index (κ3) is 6.31. The summed E-state index contributed by atoms with van der Waals surface area (Å²) in [5, 5.41) is 6.77. The predicted octanol–water partition coefficient (Wildman–Crippen LogP) is 3.13. The maximum Gasteiger partial charge on any atom is 0.191 e. The van der Waals surface area contributed by atoms with Gasteiger partial charge >= 0.3 is 0 Å². The Kier molecular flexibility index (Phi) is 7.13. The standard InChI is InChI=1S/C21H31N5O/c1-17-23-12-14-26(17)13-6-5-11-24-21(22-2)25-15-19-7-3-4-8-20(19)27-16-18-9-10-18/h3-4,7-8,12,14,18H,5-6,9-11,13,15-16H2,1-2H3,(H2,22,24,25). The highest BCUT2D eigenvalue weighted by Crippen LogP contribution is 2.30. The Labute approximate surface area is 162 Å². The van der Waals surface area contributed by atoms with Crippen molar-refractivity contribution < 1.29 is 4.74 Å². The number of benzene rings is 1. The van der Waals surface area contributed by atoms with Crippen molar-refractivity contribution in [2.75, 3.05) is 20.2 Å². The molecule has 1 fully saturated rings. The Morgan fingerprint density at radius 1 is 1.26 bits per heavy atom. The maximum absolute atomic E-state index is 5.98. The molecule has 6 heteroatoms. The molecule has 2 N–H and O–H groups in total. The molecule has 146 valence electrons. The molecule has 0 spiro atoms. The highest BCUT2D eigenvalue weighted by molar-refractivity contribution is 5.79. The molecule has 1 aliphatic rings. The van der Waals surface area contributed by atoms with Gasteiger partial charge in [-0.2, -0.15) is 0 Å². The number of aromatic nitrogens is 2. The van der Waals surface area contributed by atoms with Gasteiger partial charge in [0.25, 0.3) is 0 Å². The van der Waals surface area contributed by atoms with Crippen LogP contribution in [-0.4, -0.2) is 35.7 Å². The summed E-state index contributed by atoms with van der Waals surface area (Å²) in [6.45, 7) is 5.48. The van der Waals surface area contributed by atoms with E-state index in [0.717, 1.165) is 61.6 Å². The van der Waals surface area contributed by atoms with E-state index in [1.165, 1.54) is 12.8 Å². The molecule has 1 aliphatic carbocycles. The Hall–Kier alpha value is -2.50. The number of nitrogens with zero attached hydrogens (tertiary/aromatic N) is 3. The number of hydrogen-bond acceptors (Lipinski definition) is 3. The van der Waals surface area contributed by atoms with Gasteiger partial charge in [-0.15, -0.1) is 0 Å². The average Bonchev–Trinajstić information content (AvgIpc) is 3.44. The van der Waals surface area contributed by atoms with Gasteiger partial charge in [0.15, 0.2) is 5.96 Å². The van der Waals surface area contributed by atoms with E-state index in [1.807, 2.05) is 31.5 Å². The molecule has 6 nitrogen and oxygen atoms in total. The zero-order chi connectivity index (χ0) is 18.9. The van der Waals surface area contributed by atoms with Crippen LogP contribution in [0.1, 0.15) is 37.1 Å². The van der Waals surface area contributed by atoms with Crippen LogP contribution in [0.3, 0.4) is 0 Å². The van der Waals surface area contributed by atoms with Gasteiger partial charge in [-0.1, -0.05) is 18.2 Å². The largest absolute Gasteiger partial charge is 0.493 e. The highest BCUT2D eigenvalue weighted by atomic mass is 16.5. The molecule has 0 amide bonds. The van der Waals surface area contributed by atoms with Gasteiger partial charge in [0, 0.05) is 44.6 Å². The SMILES string of the molecule is CN=C(NCCCCn1ccnc1C)NCc1ccccc1OCC1CC1. The number of aliphatic imine (C=N–C) groups is 1. The van der Waals surface area contributed by atoms with Crippen molar-refractivity contribution in [2.24, 2.45) is 10.9 Å². The number of hydrogen-bond donors (Lipinski definition) is 2. The van der Waals surface area contributed by atoms with E-state index in [-0.39, 0.29) is 0 Å². The van der Waals surface area contributed by atoms with Gasteiger partial charge in [0.1, 0.15) is 11.6 Å². The third-order valence-electron chi connectivity index (χ3n) is 4.86. The van der Waals surface area contributed by atoms with E-state index in [9.17, 15) is 0 Å². The first kappa shape index (κ1) is 19.3. The maximum atomic E-state index is 5.98. The van der Waals surface area contributed by atoms with Crippen molar-refractivity contribution in [3.63, 3.8) is 0 Å². The molecule has 2 aromatic rings. The molecule has 27 heavy (non-hydrogen) atoms. The first-order valence-corrected chi connectivity index (χ1v) is 9.89. The molecule has 1 heterocycles. The van der Waals surface area contributed by atoms with Gasteiger partial charge < -0.3 is 19.9 Å². The average molecular weight is 370 g/mol. The third-order valence-corrected chi connectivity index (χ3v) is 4.86. The van der Waals surface area contributed by atoms with Crippen molar-refractivity contribution in [1.82, 2.24) is 20.2 Å². The molecule has 0 atom stereocenters. The van der Waals surface area contributed by atoms with E-state index in [2.05, 4.69) is 37.3 Å². The molecule has 0 unspecified atom stereocenters. The molecule has 0 aliphatic heterocycles. The van der Waals surface area contributed by atoms with Crippen molar-refractivity contribution in [1.29, 1.82) is 0 Å². The molecule has 3 rings (SSSR count). The second kappa shape index (κ2) is 10.00. The molecule has 0 radical (unpaired) electrons. The van der Waals surface area contributed by atoms with E-state index in [4.69, 9.17) is 4.74 Å². The van der Waals surface area contributed by atoms with Gasteiger partial charge in [-0.3, -0.25) is 4.99 Å². The monoisotopic (exact) mass is 369 g/mol. The van der Waals surface area contributed by atoms with Gasteiger partial charge in [-0.05, 0) is 44.6 Å². The Bertz CT molecular complexity index is 736. The highest BCUT2D eigenvalue weighted by Gasteiger charge is 2.22. The van der Waals surface area contributed by atoms with Crippen molar-refractivity contribution >= 4 is 5.96 Å². The molecule has 1 aromatic heterocycles. The quantitative estimate of drug-likeness (QED) is 0.384. The smallest absolute Gasteiger partial charge is 0.191 e. The molecular formula is C21H31N5O. The Morgan fingerprint density at radius 2 is 2.11 bits per heavy atom. The van der Waals surface area contributed by atoms with Crippen molar-refractivity contribution in [2.45, 2.75) is 45.7 Å². The fourth-order valence-corrected chi connectivity index (χ4v) is 2.94. The number of aryl methyl sites for hydroxylation is 2. The lowest BCUT2D eigenvalue weighted by Crippen LogP contribution is -2.37. The van der Waals surface area contributed by atoms with Crippen LogP contribution >= 0.6 is 0 Å². The number of para-hydroxylation sites is 1. The first-order valence-electron chi connectivity index (χ1n) is 9.89. The molecular weight excluding hydrogens is 338 g/mol. The van der Waals surface area contributed by atoms with E-state index in [0.29, 0.717) is 6.54 Å². The van der Waals surface area contributed by atoms with Crippen LogP contribution in [0.15, 0.2) is 41.7 Å². The van der Waals surface area contributed by atoms with E-state index in [1.54, 1.807) is 7.05 Å². The van der Waals surface area contributed by atoms with Crippen LogP contribution in [0.5, 0.6) is 5.75 Å². The second-order valence-electron chi connectivity index (χ2n) is 7.09.